The molecule has 1 saturated carbocycles. The third kappa shape index (κ3) is 4.22. The van der Waals surface area contributed by atoms with Crippen LogP contribution < -0.4 is 10.7 Å². The van der Waals surface area contributed by atoms with Crippen LogP contribution in [0.3, 0.4) is 0 Å². The summed E-state index contributed by atoms with van der Waals surface area (Å²) in [6.45, 7) is 0. The number of rotatable bonds is 2. The molecular formula is C26H26Cl2N4. The van der Waals surface area contributed by atoms with Gasteiger partial charge in [-0.2, -0.15) is 0 Å². The third-order valence-electron chi connectivity index (χ3n) is 6.45. The van der Waals surface area contributed by atoms with E-state index in [2.05, 4.69) is 45.8 Å². The summed E-state index contributed by atoms with van der Waals surface area (Å²) in [5, 5.41) is 5.89. The molecule has 0 radical (unpaired) electrons. The van der Waals surface area contributed by atoms with E-state index < -0.39 is 0 Å². The van der Waals surface area contributed by atoms with E-state index in [1.807, 2.05) is 38.4 Å². The molecule has 0 saturated heterocycles. The summed E-state index contributed by atoms with van der Waals surface area (Å²) >= 11 is 12.4. The molecule has 0 N–H and O–H groups in total. The maximum Gasteiger partial charge on any atom is 0.0685 e. The number of pyridine rings is 2. The van der Waals surface area contributed by atoms with E-state index in [1.54, 1.807) is 0 Å². The summed E-state index contributed by atoms with van der Waals surface area (Å²) in [6, 6.07) is 16.9. The lowest BCUT2D eigenvalue weighted by atomic mass is 9.92. The molecule has 0 aliphatic heterocycles. The highest BCUT2D eigenvalue weighted by atomic mass is 35.5. The van der Waals surface area contributed by atoms with Crippen molar-refractivity contribution < 1.29 is 0 Å². The topological polar surface area (TPSA) is 34.6 Å². The Morgan fingerprint density at radius 3 is 1.47 bits per heavy atom. The smallest absolute Gasteiger partial charge is 0.0685 e. The second kappa shape index (κ2) is 8.76. The fourth-order valence-electron chi connectivity index (χ4n) is 4.67. The highest BCUT2D eigenvalue weighted by Gasteiger charge is 2.20. The molecule has 1 fully saturated rings. The minimum atomic E-state index is 0.331. The van der Waals surface area contributed by atoms with Crippen LogP contribution in [0.2, 0.25) is 10.0 Å². The molecule has 2 aromatic carbocycles. The van der Waals surface area contributed by atoms with E-state index in [4.69, 9.17) is 33.2 Å². The molecule has 32 heavy (non-hydrogen) atoms. The number of fused-ring (bicyclic) bond motifs is 2. The maximum absolute atomic E-state index is 6.21. The van der Waals surface area contributed by atoms with Crippen molar-refractivity contribution in [1.82, 2.24) is 9.13 Å². The molecule has 0 amide bonds. The Hall–Kier alpha value is -2.56. The molecule has 2 aromatic heterocycles. The fraction of sp³-hybridized carbons (Fsp3) is 0.308. The van der Waals surface area contributed by atoms with E-state index in [1.165, 1.54) is 0 Å². The quantitative estimate of drug-likeness (QED) is 0.359. The summed E-state index contributed by atoms with van der Waals surface area (Å²) in [5.74, 6) is 0. The maximum atomic E-state index is 6.21. The molecular weight excluding hydrogens is 439 g/mol. The molecule has 5 rings (SSSR count). The van der Waals surface area contributed by atoms with E-state index in [0.717, 1.165) is 68.2 Å². The van der Waals surface area contributed by atoms with Crippen LogP contribution in [-0.2, 0) is 14.1 Å². The number of hydrogen-bond donors (Lipinski definition) is 0. The van der Waals surface area contributed by atoms with Gasteiger partial charge in [0.05, 0.1) is 33.8 Å². The van der Waals surface area contributed by atoms with E-state index in [-0.39, 0.29) is 0 Å². The van der Waals surface area contributed by atoms with Crippen molar-refractivity contribution in [2.24, 2.45) is 24.1 Å². The van der Waals surface area contributed by atoms with Crippen molar-refractivity contribution in [2.75, 3.05) is 0 Å². The Kier molecular flexibility index (Phi) is 5.83. The normalized spacial score (nSPS) is 20.4. The van der Waals surface area contributed by atoms with Gasteiger partial charge in [0.25, 0.3) is 0 Å². The van der Waals surface area contributed by atoms with E-state index in [9.17, 15) is 0 Å². The number of aryl methyl sites for hydroxylation is 2. The van der Waals surface area contributed by atoms with Gasteiger partial charge in [-0.05, 0) is 74.2 Å². The first kappa shape index (κ1) is 21.3. The Labute approximate surface area is 197 Å². The van der Waals surface area contributed by atoms with Gasteiger partial charge >= 0.3 is 0 Å². The molecule has 1 aliphatic carbocycles. The number of benzene rings is 2. The number of nitrogens with zero attached hydrogens (tertiary/aromatic N) is 4. The zero-order chi connectivity index (χ0) is 22.2. The fourth-order valence-corrected chi connectivity index (χ4v) is 5.00. The van der Waals surface area contributed by atoms with Crippen molar-refractivity contribution in [1.29, 1.82) is 0 Å². The van der Waals surface area contributed by atoms with Gasteiger partial charge in [0, 0.05) is 47.3 Å². The summed E-state index contributed by atoms with van der Waals surface area (Å²) in [7, 11) is 4.08. The summed E-state index contributed by atoms with van der Waals surface area (Å²) in [4.78, 5) is 10.2. The zero-order valence-electron chi connectivity index (χ0n) is 18.3. The van der Waals surface area contributed by atoms with Gasteiger partial charge in [-0.25, -0.2) is 0 Å². The molecule has 0 unspecified atom stereocenters. The Balaban J connectivity index is 1.40. The zero-order valence-corrected chi connectivity index (χ0v) is 19.8. The van der Waals surface area contributed by atoms with E-state index >= 15 is 0 Å². The summed E-state index contributed by atoms with van der Waals surface area (Å²) in [5.41, 5.74) is 2.21. The van der Waals surface area contributed by atoms with Gasteiger partial charge in [0.15, 0.2) is 0 Å². The molecule has 164 valence electrons. The first-order valence-electron chi connectivity index (χ1n) is 11.1. The van der Waals surface area contributed by atoms with Crippen molar-refractivity contribution in [3.8, 4) is 0 Å². The molecule has 1 aliphatic rings. The Morgan fingerprint density at radius 1 is 0.656 bits per heavy atom. The van der Waals surface area contributed by atoms with Crippen LogP contribution in [0.25, 0.3) is 21.8 Å². The van der Waals surface area contributed by atoms with Crippen LogP contribution in [0.5, 0.6) is 0 Å². The number of hydrogen-bond acceptors (Lipinski definition) is 2. The second-order valence-electron chi connectivity index (χ2n) is 8.67. The molecule has 0 bridgehead atoms. The minimum Gasteiger partial charge on any atom is -0.350 e. The molecule has 0 atom stereocenters. The van der Waals surface area contributed by atoms with Gasteiger partial charge in [-0.15, -0.1) is 0 Å². The predicted octanol–water partition coefficient (Wildman–Crippen LogP) is 5.79. The highest BCUT2D eigenvalue weighted by Crippen LogP contribution is 2.24. The number of aromatic nitrogens is 2. The van der Waals surface area contributed by atoms with Crippen molar-refractivity contribution in [2.45, 2.75) is 37.8 Å². The van der Waals surface area contributed by atoms with Crippen LogP contribution in [-0.4, -0.2) is 21.2 Å². The van der Waals surface area contributed by atoms with Gasteiger partial charge < -0.3 is 9.13 Å². The molecule has 6 heteroatoms. The average Bonchev–Trinajstić information content (AvgIpc) is 2.79. The van der Waals surface area contributed by atoms with Crippen molar-refractivity contribution >= 4 is 45.0 Å². The lowest BCUT2D eigenvalue weighted by Gasteiger charge is -2.23. The lowest BCUT2D eigenvalue weighted by molar-refractivity contribution is 0.389. The predicted molar refractivity (Wildman–Crippen MR) is 133 cm³/mol. The standard InChI is InChI=1S/C26H26Cl2N4/c1-31-13-11-23(21-9-3-17(27)15-25(21)31)29-19-5-7-20(8-6-19)30-24-12-14-32(2)26-16-18(28)4-10-22(24)26/h3-4,9-16,19-20H,5-8H2,1-2H3/t19-,20+. The Bertz CT molecular complexity index is 1330. The van der Waals surface area contributed by atoms with Crippen molar-refractivity contribution in [3.63, 3.8) is 0 Å². The lowest BCUT2D eigenvalue weighted by Crippen LogP contribution is -2.24. The number of halogens is 2. The Morgan fingerprint density at radius 2 is 1.06 bits per heavy atom. The average molecular weight is 465 g/mol. The SMILES string of the molecule is Cn1ccc(=N[C@H]2CC[C@@H](N=c3ccn(C)c4cc(Cl)ccc34)CC2)c2ccc(Cl)cc21. The van der Waals surface area contributed by atoms with Crippen LogP contribution >= 0.6 is 23.2 Å². The monoisotopic (exact) mass is 464 g/mol. The first-order chi connectivity index (χ1) is 15.5. The van der Waals surface area contributed by atoms with Gasteiger partial charge in [0.2, 0.25) is 0 Å². The van der Waals surface area contributed by atoms with Crippen LogP contribution in [0, 0.1) is 0 Å². The van der Waals surface area contributed by atoms with Crippen LogP contribution in [0.15, 0.2) is 70.9 Å². The highest BCUT2D eigenvalue weighted by molar-refractivity contribution is 6.31. The first-order valence-corrected chi connectivity index (χ1v) is 11.8. The largest absolute Gasteiger partial charge is 0.350 e. The van der Waals surface area contributed by atoms with Crippen LogP contribution in [0.4, 0.5) is 0 Å². The van der Waals surface area contributed by atoms with Gasteiger partial charge in [-0.1, -0.05) is 23.2 Å². The molecule has 4 aromatic rings. The second-order valence-corrected chi connectivity index (χ2v) is 9.54. The third-order valence-corrected chi connectivity index (χ3v) is 6.92. The summed E-state index contributed by atoms with van der Waals surface area (Å²) in [6.07, 6.45) is 8.32. The summed E-state index contributed by atoms with van der Waals surface area (Å²) < 4.78 is 4.18. The van der Waals surface area contributed by atoms with Gasteiger partial charge in [0.1, 0.15) is 0 Å². The molecule has 0 spiro atoms. The van der Waals surface area contributed by atoms with Gasteiger partial charge in [-0.3, -0.25) is 9.98 Å². The van der Waals surface area contributed by atoms with Crippen LogP contribution in [0.1, 0.15) is 25.7 Å². The molecule has 4 nitrogen and oxygen atoms in total. The van der Waals surface area contributed by atoms with Crippen molar-refractivity contribution in [3.05, 3.63) is 81.7 Å². The molecule has 2 heterocycles. The minimum absolute atomic E-state index is 0.331. The van der Waals surface area contributed by atoms with E-state index in [0.29, 0.717) is 12.1 Å².